The summed E-state index contributed by atoms with van der Waals surface area (Å²) in [6, 6.07) is 15.8. The number of benzene rings is 2. The molecule has 7 heteroatoms. The Labute approximate surface area is 175 Å². The summed E-state index contributed by atoms with van der Waals surface area (Å²) >= 11 is 1.15. The Morgan fingerprint density at radius 1 is 1.03 bits per heavy atom. The monoisotopic (exact) mass is 428 g/mol. The van der Waals surface area contributed by atoms with Gasteiger partial charge in [0, 0.05) is 11.3 Å². The van der Waals surface area contributed by atoms with Crippen molar-refractivity contribution in [1.29, 1.82) is 0 Å². The molecule has 0 fully saturated rings. The van der Waals surface area contributed by atoms with Crippen molar-refractivity contribution in [1.82, 2.24) is 5.32 Å². The number of hydrogen-bond donors (Lipinski definition) is 2. The number of carbonyl (C=O) groups is 1. The molecule has 0 spiro atoms. The van der Waals surface area contributed by atoms with Gasteiger partial charge in [-0.2, -0.15) is 0 Å². The van der Waals surface area contributed by atoms with Crippen molar-refractivity contribution < 1.29 is 13.2 Å². The Morgan fingerprint density at radius 3 is 2.34 bits per heavy atom. The van der Waals surface area contributed by atoms with Crippen molar-refractivity contribution in [3.05, 3.63) is 82.2 Å². The summed E-state index contributed by atoms with van der Waals surface area (Å²) in [7, 11) is -3.60. The van der Waals surface area contributed by atoms with E-state index in [2.05, 4.69) is 36.0 Å². The van der Waals surface area contributed by atoms with Crippen LogP contribution in [0.5, 0.6) is 0 Å². The molecule has 5 nitrogen and oxygen atoms in total. The van der Waals surface area contributed by atoms with Gasteiger partial charge in [0.25, 0.3) is 15.9 Å². The summed E-state index contributed by atoms with van der Waals surface area (Å²) in [6.07, 6.45) is 0.771. The number of amides is 1. The lowest BCUT2D eigenvalue weighted by molar-refractivity contribution is 0.0935. The maximum absolute atomic E-state index is 12.7. The SMILES string of the molecule is CC[C@H](NC(=O)c1ccc(NS(=O)(=O)c2cccs2)cc1)c1ccc(C)c(C)c1. The fourth-order valence-electron chi connectivity index (χ4n) is 2.96. The number of anilines is 1. The summed E-state index contributed by atoms with van der Waals surface area (Å²) in [4.78, 5) is 12.7. The molecule has 3 rings (SSSR count). The Hall–Kier alpha value is -2.64. The van der Waals surface area contributed by atoms with Gasteiger partial charge in [-0.3, -0.25) is 9.52 Å². The molecule has 0 bridgehead atoms. The van der Waals surface area contributed by atoms with E-state index in [1.165, 1.54) is 11.1 Å². The van der Waals surface area contributed by atoms with Crippen molar-refractivity contribution in [2.75, 3.05) is 4.72 Å². The average molecular weight is 429 g/mol. The van der Waals surface area contributed by atoms with Gasteiger partial charge < -0.3 is 5.32 Å². The minimum Gasteiger partial charge on any atom is -0.345 e. The molecular formula is C22H24N2O3S2. The van der Waals surface area contributed by atoms with E-state index in [9.17, 15) is 13.2 Å². The standard InChI is InChI=1S/C22H24N2O3S2/c1-4-20(18-8-7-15(2)16(3)14-18)23-22(25)17-9-11-19(12-10-17)24-29(26,27)21-6-5-13-28-21/h5-14,20,24H,4H2,1-3H3,(H,23,25)/t20-/m0/s1. The van der Waals surface area contributed by atoms with E-state index < -0.39 is 10.0 Å². The summed E-state index contributed by atoms with van der Waals surface area (Å²) < 4.78 is 27.4. The number of nitrogens with one attached hydrogen (secondary N) is 2. The lowest BCUT2D eigenvalue weighted by Gasteiger charge is -2.19. The number of sulfonamides is 1. The number of thiophene rings is 1. The molecule has 1 amide bonds. The lowest BCUT2D eigenvalue weighted by Crippen LogP contribution is -2.28. The van der Waals surface area contributed by atoms with Crippen LogP contribution in [0.2, 0.25) is 0 Å². The van der Waals surface area contributed by atoms with Crippen LogP contribution in [0.15, 0.2) is 64.2 Å². The topological polar surface area (TPSA) is 75.3 Å². The smallest absolute Gasteiger partial charge is 0.271 e. The quantitative estimate of drug-likeness (QED) is 0.553. The second kappa shape index (κ2) is 8.80. The van der Waals surface area contributed by atoms with Crippen LogP contribution < -0.4 is 10.0 Å². The first-order valence-corrected chi connectivity index (χ1v) is 11.7. The van der Waals surface area contributed by atoms with E-state index in [4.69, 9.17) is 0 Å². The molecule has 0 aliphatic rings. The van der Waals surface area contributed by atoms with E-state index >= 15 is 0 Å². The van der Waals surface area contributed by atoms with Crippen LogP contribution in [0.1, 0.15) is 46.4 Å². The van der Waals surface area contributed by atoms with Gasteiger partial charge in [-0.1, -0.05) is 31.2 Å². The predicted octanol–water partition coefficient (Wildman–Crippen LogP) is 5.05. The maximum Gasteiger partial charge on any atom is 0.271 e. The van der Waals surface area contributed by atoms with Crippen LogP contribution in [-0.2, 0) is 10.0 Å². The molecule has 3 aromatic rings. The molecule has 152 valence electrons. The molecule has 1 heterocycles. The van der Waals surface area contributed by atoms with Crippen LogP contribution in [0.25, 0.3) is 0 Å². The van der Waals surface area contributed by atoms with E-state index in [0.29, 0.717) is 11.3 Å². The van der Waals surface area contributed by atoms with Crippen LogP contribution in [0.3, 0.4) is 0 Å². The minimum atomic E-state index is -3.60. The Kier molecular flexibility index (Phi) is 6.39. The molecule has 0 radical (unpaired) electrons. The van der Waals surface area contributed by atoms with Gasteiger partial charge in [0.1, 0.15) is 4.21 Å². The predicted molar refractivity (Wildman–Crippen MR) is 118 cm³/mol. The number of carbonyl (C=O) groups excluding carboxylic acids is 1. The van der Waals surface area contributed by atoms with Gasteiger partial charge >= 0.3 is 0 Å². The zero-order chi connectivity index (χ0) is 21.0. The minimum absolute atomic E-state index is 0.0844. The first kappa shape index (κ1) is 21.1. The van der Waals surface area contributed by atoms with Crippen LogP contribution >= 0.6 is 11.3 Å². The molecule has 0 saturated carbocycles. The largest absolute Gasteiger partial charge is 0.345 e. The number of hydrogen-bond acceptors (Lipinski definition) is 4. The Balaban J connectivity index is 1.70. The molecular weight excluding hydrogens is 404 g/mol. The normalized spacial score (nSPS) is 12.4. The summed E-state index contributed by atoms with van der Waals surface area (Å²) in [5.41, 5.74) is 4.37. The molecule has 0 saturated heterocycles. The van der Waals surface area contributed by atoms with Gasteiger partial charge in [-0.05, 0) is 72.7 Å². The van der Waals surface area contributed by atoms with Crippen molar-refractivity contribution in [3.63, 3.8) is 0 Å². The highest BCUT2D eigenvalue weighted by molar-refractivity contribution is 7.94. The highest BCUT2D eigenvalue weighted by Gasteiger charge is 2.17. The first-order chi connectivity index (χ1) is 13.8. The van der Waals surface area contributed by atoms with Crippen molar-refractivity contribution in [3.8, 4) is 0 Å². The van der Waals surface area contributed by atoms with E-state index in [-0.39, 0.29) is 16.2 Å². The third kappa shape index (κ3) is 5.05. The summed E-state index contributed by atoms with van der Waals surface area (Å²) in [6.45, 7) is 6.15. The lowest BCUT2D eigenvalue weighted by atomic mass is 9.99. The van der Waals surface area contributed by atoms with Gasteiger partial charge in [-0.15, -0.1) is 11.3 Å². The van der Waals surface area contributed by atoms with Gasteiger partial charge in [0.15, 0.2) is 0 Å². The third-order valence-corrected chi connectivity index (χ3v) is 7.58. The first-order valence-electron chi connectivity index (χ1n) is 9.34. The van der Waals surface area contributed by atoms with E-state index in [1.54, 1.807) is 41.8 Å². The molecule has 0 aliphatic carbocycles. The molecule has 1 aromatic heterocycles. The fraction of sp³-hybridized carbons (Fsp3) is 0.227. The second-order valence-electron chi connectivity index (χ2n) is 6.89. The molecule has 0 unspecified atom stereocenters. The molecule has 29 heavy (non-hydrogen) atoms. The maximum atomic E-state index is 12.7. The van der Waals surface area contributed by atoms with Crippen molar-refractivity contribution in [2.24, 2.45) is 0 Å². The summed E-state index contributed by atoms with van der Waals surface area (Å²) in [5, 5.41) is 4.77. The molecule has 2 aromatic carbocycles. The van der Waals surface area contributed by atoms with Crippen LogP contribution in [0, 0.1) is 13.8 Å². The third-order valence-electron chi connectivity index (χ3n) is 4.81. The van der Waals surface area contributed by atoms with Crippen LogP contribution in [0.4, 0.5) is 5.69 Å². The summed E-state index contributed by atoms with van der Waals surface area (Å²) in [5.74, 6) is -0.192. The highest BCUT2D eigenvalue weighted by atomic mass is 32.2. The Bertz CT molecular complexity index is 1090. The second-order valence-corrected chi connectivity index (χ2v) is 9.75. The molecule has 1 atom stereocenters. The molecule has 0 aliphatic heterocycles. The fourth-order valence-corrected chi connectivity index (χ4v) is 5.01. The van der Waals surface area contributed by atoms with E-state index in [1.807, 2.05) is 13.0 Å². The zero-order valence-corrected chi connectivity index (χ0v) is 18.2. The highest BCUT2D eigenvalue weighted by Crippen LogP contribution is 2.22. The number of rotatable bonds is 7. The average Bonchev–Trinajstić information content (AvgIpc) is 3.24. The van der Waals surface area contributed by atoms with Crippen molar-refractivity contribution in [2.45, 2.75) is 37.4 Å². The molecule has 2 N–H and O–H groups in total. The van der Waals surface area contributed by atoms with Crippen LogP contribution in [-0.4, -0.2) is 14.3 Å². The zero-order valence-electron chi connectivity index (χ0n) is 16.6. The van der Waals surface area contributed by atoms with E-state index in [0.717, 1.165) is 23.3 Å². The Morgan fingerprint density at radius 2 is 1.76 bits per heavy atom. The van der Waals surface area contributed by atoms with Gasteiger partial charge in [0.2, 0.25) is 0 Å². The van der Waals surface area contributed by atoms with Crippen molar-refractivity contribution >= 4 is 33.0 Å². The number of aryl methyl sites for hydroxylation is 2. The van der Waals surface area contributed by atoms with Gasteiger partial charge in [0.05, 0.1) is 6.04 Å². The van der Waals surface area contributed by atoms with Gasteiger partial charge in [-0.25, -0.2) is 8.42 Å².